The summed E-state index contributed by atoms with van der Waals surface area (Å²) >= 11 is 6.62. The van der Waals surface area contributed by atoms with E-state index in [2.05, 4.69) is 18.7 Å². The highest BCUT2D eigenvalue weighted by Crippen LogP contribution is 2.27. The minimum Gasteiger partial charge on any atom is -0.478 e. The zero-order chi connectivity index (χ0) is 21.8. The molecule has 6 heteroatoms. The highest BCUT2D eigenvalue weighted by Gasteiger charge is 2.27. The van der Waals surface area contributed by atoms with Gasteiger partial charge in [0.2, 0.25) is 0 Å². The van der Waals surface area contributed by atoms with Crippen molar-refractivity contribution >= 4 is 17.6 Å². The Hall–Kier alpha value is -2.11. The van der Waals surface area contributed by atoms with Crippen LogP contribution in [0, 0.1) is 12.8 Å². The summed E-state index contributed by atoms with van der Waals surface area (Å²) in [5, 5.41) is 9.71. The van der Waals surface area contributed by atoms with E-state index in [-0.39, 0.29) is 11.1 Å². The molecule has 1 aliphatic rings. The maximum Gasteiger partial charge on any atom is 0.335 e. The number of benzene rings is 1. The van der Waals surface area contributed by atoms with Gasteiger partial charge in [0.15, 0.2) is 0 Å². The van der Waals surface area contributed by atoms with E-state index in [0.717, 1.165) is 24.2 Å². The van der Waals surface area contributed by atoms with E-state index in [4.69, 9.17) is 16.7 Å². The van der Waals surface area contributed by atoms with E-state index < -0.39 is 5.97 Å². The molecular weight excluding hydrogens is 400 g/mol. The zero-order valence-electron chi connectivity index (χ0n) is 18.0. The summed E-state index contributed by atoms with van der Waals surface area (Å²) in [6.07, 6.45) is 4.18. The summed E-state index contributed by atoms with van der Waals surface area (Å²) in [4.78, 5) is 26.5. The Labute approximate surface area is 183 Å². The van der Waals surface area contributed by atoms with Gasteiger partial charge < -0.3 is 9.67 Å². The molecule has 1 fully saturated rings. The summed E-state index contributed by atoms with van der Waals surface area (Å²) in [5.41, 5.74) is 2.78. The predicted octanol–water partition coefficient (Wildman–Crippen LogP) is 4.76. The molecule has 0 saturated carbocycles. The van der Waals surface area contributed by atoms with E-state index in [1.807, 2.05) is 16.7 Å². The zero-order valence-corrected chi connectivity index (χ0v) is 18.8. The summed E-state index contributed by atoms with van der Waals surface area (Å²) in [6, 6.07) is 9.14. The lowest BCUT2D eigenvalue weighted by Crippen LogP contribution is -2.34. The van der Waals surface area contributed by atoms with Crippen molar-refractivity contribution in [2.24, 2.45) is 5.92 Å². The third kappa shape index (κ3) is 5.32. The summed E-state index contributed by atoms with van der Waals surface area (Å²) in [7, 11) is 0. The van der Waals surface area contributed by atoms with E-state index in [1.165, 1.54) is 12.8 Å². The molecule has 0 spiro atoms. The Bertz CT molecular complexity index is 950. The largest absolute Gasteiger partial charge is 0.478 e. The molecule has 0 amide bonds. The van der Waals surface area contributed by atoms with Gasteiger partial charge in [0.1, 0.15) is 0 Å². The molecule has 0 radical (unpaired) electrons. The van der Waals surface area contributed by atoms with Crippen molar-refractivity contribution in [1.29, 1.82) is 0 Å². The van der Waals surface area contributed by atoms with E-state index >= 15 is 0 Å². The van der Waals surface area contributed by atoms with Crippen LogP contribution in [0.2, 0.25) is 5.02 Å². The fourth-order valence-corrected chi connectivity index (χ4v) is 4.68. The third-order valence-electron chi connectivity index (χ3n) is 5.95. The van der Waals surface area contributed by atoms with Gasteiger partial charge >= 0.3 is 5.97 Å². The number of aryl methyl sites for hydroxylation is 2. The topological polar surface area (TPSA) is 62.5 Å². The van der Waals surface area contributed by atoms with E-state index in [0.29, 0.717) is 42.1 Å². The van der Waals surface area contributed by atoms with Crippen LogP contribution in [0.15, 0.2) is 35.1 Å². The van der Waals surface area contributed by atoms with Crippen LogP contribution in [0.4, 0.5) is 0 Å². The molecule has 1 aliphatic heterocycles. The van der Waals surface area contributed by atoms with Crippen molar-refractivity contribution in [2.45, 2.75) is 65.6 Å². The van der Waals surface area contributed by atoms with Crippen LogP contribution in [0.1, 0.15) is 60.3 Å². The molecular formula is C24H31ClN2O3. The highest BCUT2D eigenvalue weighted by molar-refractivity contribution is 6.31. The van der Waals surface area contributed by atoms with Gasteiger partial charge in [-0.1, -0.05) is 37.6 Å². The summed E-state index contributed by atoms with van der Waals surface area (Å²) in [6.45, 7) is 8.54. The monoisotopic (exact) mass is 430 g/mol. The number of aromatic nitrogens is 1. The Kier molecular flexibility index (Phi) is 7.37. The first-order valence-corrected chi connectivity index (χ1v) is 11.1. The lowest BCUT2D eigenvalue weighted by Gasteiger charge is -2.28. The summed E-state index contributed by atoms with van der Waals surface area (Å²) in [5.74, 6) is -0.299. The number of likely N-dealkylation sites (tertiary alicyclic amines) is 1. The molecule has 1 aromatic carbocycles. The molecule has 1 aromatic heterocycles. The Morgan fingerprint density at radius 3 is 2.60 bits per heavy atom. The van der Waals surface area contributed by atoms with Gasteiger partial charge in [-0.05, 0) is 68.8 Å². The number of carboxylic acid groups (broad SMARTS) is 1. The Morgan fingerprint density at radius 1 is 1.27 bits per heavy atom. The van der Waals surface area contributed by atoms with Crippen molar-refractivity contribution in [1.82, 2.24) is 9.47 Å². The average molecular weight is 431 g/mol. The Balaban J connectivity index is 1.83. The molecule has 0 unspecified atom stereocenters. The molecule has 2 heterocycles. The number of aromatic carboxylic acids is 1. The summed E-state index contributed by atoms with van der Waals surface area (Å²) < 4.78 is 1.81. The van der Waals surface area contributed by atoms with Gasteiger partial charge in [-0.25, -0.2) is 4.79 Å². The van der Waals surface area contributed by atoms with Crippen LogP contribution >= 0.6 is 11.6 Å². The second kappa shape index (κ2) is 9.80. The lowest BCUT2D eigenvalue weighted by molar-refractivity contribution is 0.0697. The highest BCUT2D eigenvalue weighted by atomic mass is 35.5. The maximum absolute atomic E-state index is 12.9. The van der Waals surface area contributed by atoms with Crippen molar-refractivity contribution < 1.29 is 9.90 Å². The third-order valence-corrected chi connectivity index (χ3v) is 6.27. The van der Waals surface area contributed by atoms with Crippen LogP contribution in [-0.4, -0.2) is 33.1 Å². The first-order valence-electron chi connectivity index (χ1n) is 10.7. The SMILES string of the molecule is Cc1cc(Cl)c(CN2CCC[C@@H]2CC(C)C)n(CCc2ccc(C(=O)O)cc2)c1=O. The quantitative estimate of drug-likeness (QED) is 0.655. The molecule has 30 heavy (non-hydrogen) atoms. The van der Waals surface area contributed by atoms with Crippen LogP contribution < -0.4 is 5.56 Å². The number of nitrogens with zero attached hydrogens (tertiary/aromatic N) is 2. The fraction of sp³-hybridized carbons (Fsp3) is 0.500. The minimum atomic E-state index is -0.938. The molecule has 1 N–H and O–H groups in total. The number of rotatable bonds is 8. The van der Waals surface area contributed by atoms with Gasteiger partial charge in [-0.15, -0.1) is 0 Å². The number of pyridine rings is 1. The van der Waals surface area contributed by atoms with Gasteiger partial charge in [0.25, 0.3) is 5.56 Å². The molecule has 2 aromatic rings. The number of hydrogen-bond donors (Lipinski definition) is 1. The van der Waals surface area contributed by atoms with Gasteiger partial charge in [0.05, 0.1) is 16.3 Å². The predicted molar refractivity (Wildman–Crippen MR) is 120 cm³/mol. The van der Waals surface area contributed by atoms with Crippen LogP contribution in [0.25, 0.3) is 0 Å². The number of hydrogen-bond acceptors (Lipinski definition) is 3. The first kappa shape index (κ1) is 22.6. The second-order valence-corrected chi connectivity index (χ2v) is 9.13. The van der Waals surface area contributed by atoms with Crippen LogP contribution in [0.5, 0.6) is 0 Å². The Morgan fingerprint density at radius 2 is 1.97 bits per heavy atom. The van der Waals surface area contributed by atoms with Gasteiger partial charge in [-0.3, -0.25) is 9.69 Å². The van der Waals surface area contributed by atoms with Gasteiger partial charge in [0, 0.05) is 24.7 Å². The standard InChI is InChI=1S/C24H31ClN2O3/c1-16(2)13-20-5-4-11-26(20)15-22-21(25)14-17(3)23(28)27(22)12-10-18-6-8-19(9-7-18)24(29)30/h6-9,14,16,20H,4-5,10-13,15H2,1-3H3,(H,29,30)/t20-/m1/s1. The molecule has 1 atom stereocenters. The lowest BCUT2D eigenvalue weighted by atomic mass is 10.0. The maximum atomic E-state index is 12.9. The molecule has 0 bridgehead atoms. The van der Waals surface area contributed by atoms with Crippen LogP contribution in [-0.2, 0) is 19.5 Å². The van der Waals surface area contributed by atoms with Gasteiger partial charge in [-0.2, -0.15) is 0 Å². The molecule has 5 nitrogen and oxygen atoms in total. The second-order valence-electron chi connectivity index (χ2n) is 8.73. The average Bonchev–Trinajstić information content (AvgIpc) is 3.12. The van der Waals surface area contributed by atoms with E-state index in [1.54, 1.807) is 25.1 Å². The van der Waals surface area contributed by atoms with Crippen LogP contribution in [0.3, 0.4) is 0 Å². The van der Waals surface area contributed by atoms with Crippen molar-refractivity contribution in [2.75, 3.05) is 6.54 Å². The minimum absolute atomic E-state index is 0.00355. The fourth-order valence-electron chi connectivity index (χ4n) is 4.36. The normalized spacial score (nSPS) is 17.0. The number of carboxylic acids is 1. The molecule has 1 saturated heterocycles. The molecule has 0 aliphatic carbocycles. The van der Waals surface area contributed by atoms with Crippen molar-refractivity contribution in [3.05, 3.63) is 68.1 Å². The molecule has 3 rings (SSSR count). The number of carbonyl (C=O) groups is 1. The number of halogens is 1. The van der Waals surface area contributed by atoms with E-state index in [9.17, 15) is 9.59 Å². The smallest absolute Gasteiger partial charge is 0.335 e. The molecule has 162 valence electrons. The van der Waals surface area contributed by atoms with Crippen molar-refractivity contribution in [3.8, 4) is 0 Å². The first-order chi connectivity index (χ1) is 14.3. The van der Waals surface area contributed by atoms with Crippen molar-refractivity contribution in [3.63, 3.8) is 0 Å².